The Hall–Kier alpha value is -1.09. The minimum atomic E-state index is -4.03. The molecule has 1 fully saturated rings. The number of amidine groups is 1. The van der Waals surface area contributed by atoms with E-state index < -0.39 is 8.17 Å². The molecule has 0 aromatic heterocycles. The number of aliphatic imine (C=N–C) groups is 1. The molecule has 1 rings (SSSR count). The van der Waals surface area contributed by atoms with Crippen LogP contribution >= 0.6 is 8.17 Å². The molecule has 1 amide bonds. The number of nitrogens with zero attached hydrogens (tertiary/aromatic N) is 2. The zero-order valence-electron chi connectivity index (χ0n) is 12.9. The second-order valence-corrected chi connectivity index (χ2v) is 6.86. The first-order valence-corrected chi connectivity index (χ1v) is 8.46. The summed E-state index contributed by atoms with van der Waals surface area (Å²) in [5.41, 5.74) is 5.48. The second kappa shape index (κ2) is 8.52. The Morgan fingerprint density at radius 2 is 2.27 bits per heavy atom. The van der Waals surface area contributed by atoms with E-state index in [2.05, 4.69) is 9.52 Å². The SMILES string of the molecule is CO[PH](O)(O)OCC1CC(C)C(N(C)/C=C\C(N)=N/C=O)O1. The fourth-order valence-corrected chi connectivity index (χ4v) is 2.69. The Labute approximate surface area is 130 Å². The molecule has 1 aliphatic heterocycles. The van der Waals surface area contributed by atoms with E-state index in [1.807, 2.05) is 6.92 Å². The van der Waals surface area contributed by atoms with Crippen LogP contribution in [0.3, 0.4) is 0 Å². The molecule has 0 aromatic carbocycles. The van der Waals surface area contributed by atoms with E-state index in [0.717, 1.165) is 0 Å². The first kappa shape index (κ1) is 19.0. The van der Waals surface area contributed by atoms with Crippen LogP contribution in [-0.2, 0) is 18.6 Å². The van der Waals surface area contributed by atoms with Gasteiger partial charge in [-0.1, -0.05) is 0 Å². The summed E-state index contributed by atoms with van der Waals surface area (Å²) in [6.07, 6.45) is 3.76. The first-order valence-electron chi connectivity index (χ1n) is 6.75. The average Bonchev–Trinajstić information content (AvgIpc) is 2.84. The summed E-state index contributed by atoms with van der Waals surface area (Å²) >= 11 is 0. The summed E-state index contributed by atoms with van der Waals surface area (Å²) < 4.78 is 15.3. The Balaban J connectivity index is 2.52. The van der Waals surface area contributed by atoms with Crippen LogP contribution in [0.15, 0.2) is 17.3 Å². The number of carbonyl (C=O) groups is 1. The van der Waals surface area contributed by atoms with Crippen LogP contribution in [0.4, 0.5) is 0 Å². The predicted molar refractivity (Wildman–Crippen MR) is 82.7 cm³/mol. The molecule has 9 nitrogen and oxygen atoms in total. The van der Waals surface area contributed by atoms with Crippen LogP contribution in [0.1, 0.15) is 13.3 Å². The van der Waals surface area contributed by atoms with E-state index in [4.69, 9.17) is 15.0 Å². The molecule has 10 heteroatoms. The fourth-order valence-electron chi connectivity index (χ4n) is 2.17. The quantitative estimate of drug-likeness (QED) is 0.240. The Morgan fingerprint density at radius 1 is 1.59 bits per heavy atom. The summed E-state index contributed by atoms with van der Waals surface area (Å²) in [7, 11) is -1.04. The van der Waals surface area contributed by atoms with Crippen molar-refractivity contribution in [2.45, 2.75) is 25.7 Å². The molecule has 4 N–H and O–H groups in total. The summed E-state index contributed by atoms with van der Waals surface area (Å²) in [6.45, 7) is 2.05. The van der Waals surface area contributed by atoms with Crippen LogP contribution in [0, 0.1) is 5.92 Å². The molecule has 22 heavy (non-hydrogen) atoms. The molecule has 1 saturated heterocycles. The molecule has 3 unspecified atom stereocenters. The molecule has 0 spiro atoms. The van der Waals surface area contributed by atoms with Gasteiger partial charge < -0.3 is 0 Å². The monoisotopic (exact) mass is 337 g/mol. The van der Waals surface area contributed by atoms with Gasteiger partial charge in [-0.05, 0) is 0 Å². The normalized spacial score (nSPS) is 27.3. The molecule has 0 radical (unpaired) electrons. The molecule has 3 atom stereocenters. The van der Waals surface area contributed by atoms with Gasteiger partial charge in [0.1, 0.15) is 0 Å². The molecule has 1 heterocycles. The van der Waals surface area contributed by atoms with Gasteiger partial charge in [0.15, 0.2) is 0 Å². The van der Waals surface area contributed by atoms with E-state index >= 15 is 0 Å². The van der Waals surface area contributed by atoms with E-state index in [9.17, 15) is 14.6 Å². The Kier molecular flexibility index (Phi) is 7.34. The zero-order chi connectivity index (χ0) is 16.8. The summed E-state index contributed by atoms with van der Waals surface area (Å²) in [5, 5.41) is 0. The van der Waals surface area contributed by atoms with Gasteiger partial charge in [0.05, 0.1) is 0 Å². The average molecular weight is 337 g/mol. The van der Waals surface area contributed by atoms with Gasteiger partial charge in [-0.2, -0.15) is 0 Å². The number of ether oxygens (including phenoxy) is 1. The van der Waals surface area contributed by atoms with E-state index in [1.165, 1.54) is 13.2 Å². The fraction of sp³-hybridized carbons (Fsp3) is 0.667. The third kappa shape index (κ3) is 5.96. The standard InChI is InChI=1S/C12H24N3O6P/c1-9-6-10(7-20-22(17,18)19-3)21-12(9)15(2)5-4-11(13)14-8-16/h4-5,8-10,12,17-18,22H,6-7H2,1-3H3,(H2,13,14,16)/b5-4-. The van der Waals surface area contributed by atoms with Crippen molar-refractivity contribution in [2.24, 2.45) is 16.6 Å². The molecule has 0 aromatic rings. The number of rotatable bonds is 8. The van der Waals surface area contributed by atoms with Crippen molar-refractivity contribution in [1.82, 2.24) is 4.90 Å². The van der Waals surface area contributed by atoms with Crippen molar-refractivity contribution in [2.75, 3.05) is 20.8 Å². The third-order valence-corrected chi connectivity index (χ3v) is 4.33. The molecular formula is C12H24N3O6P. The number of hydrogen-bond acceptors (Lipinski definition) is 7. The van der Waals surface area contributed by atoms with Gasteiger partial charge in [-0.15, -0.1) is 0 Å². The van der Waals surface area contributed by atoms with Gasteiger partial charge >= 0.3 is 129 Å². The predicted octanol–water partition coefficient (Wildman–Crippen LogP) is -0.246. The van der Waals surface area contributed by atoms with E-state index in [-0.39, 0.29) is 30.7 Å². The van der Waals surface area contributed by atoms with Crippen molar-refractivity contribution in [1.29, 1.82) is 0 Å². The number of carbonyl (C=O) groups excluding carboxylic acids is 1. The summed E-state index contributed by atoms with van der Waals surface area (Å²) in [5.74, 6) is 0.298. The van der Waals surface area contributed by atoms with Gasteiger partial charge in [0.2, 0.25) is 0 Å². The van der Waals surface area contributed by atoms with Crippen LogP contribution in [-0.4, -0.2) is 60.0 Å². The maximum absolute atomic E-state index is 10.2. The van der Waals surface area contributed by atoms with Gasteiger partial charge in [0, 0.05) is 0 Å². The molecule has 0 saturated carbocycles. The van der Waals surface area contributed by atoms with Gasteiger partial charge in [0.25, 0.3) is 0 Å². The number of amides is 1. The molecule has 1 aliphatic rings. The van der Waals surface area contributed by atoms with Crippen molar-refractivity contribution in [3.8, 4) is 0 Å². The molecular weight excluding hydrogens is 313 g/mol. The Morgan fingerprint density at radius 3 is 2.86 bits per heavy atom. The third-order valence-electron chi connectivity index (χ3n) is 3.26. The maximum atomic E-state index is 10.2. The van der Waals surface area contributed by atoms with Crippen molar-refractivity contribution < 1.29 is 28.4 Å². The van der Waals surface area contributed by atoms with Crippen molar-refractivity contribution in [3.63, 3.8) is 0 Å². The zero-order valence-corrected chi connectivity index (χ0v) is 13.9. The molecule has 128 valence electrons. The van der Waals surface area contributed by atoms with Crippen molar-refractivity contribution in [3.05, 3.63) is 12.3 Å². The van der Waals surface area contributed by atoms with Crippen molar-refractivity contribution >= 4 is 20.4 Å². The number of nitrogens with two attached hydrogens (primary N) is 1. The van der Waals surface area contributed by atoms with E-state index in [0.29, 0.717) is 12.8 Å². The molecule has 0 aliphatic carbocycles. The minimum absolute atomic E-state index is 0.0419. The van der Waals surface area contributed by atoms with Gasteiger partial charge in [-0.25, -0.2) is 0 Å². The van der Waals surface area contributed by atoms with Crippen LogP contribution in [0.2, 0.25) is 0 Å². The van der Waals surface area contributed by atoms with Crippen LogP contribution < -0.4 is 5.73 Å². The summed E-state index contributed by atoms with van der Waals surface area (Å²) in [4.78, 5) is 34.1. The van der Waals surface area contributed by atoms with E-state index in [1.54, 1.807) is 18.1 Å². The van der Waals surface area contributed by atoms with Crippen LogP contribution in [0.25, 0.3) is 0 Å². The first-order chi connectivity index (χ1) is 10.3. The number of hydrogen-bond donors (Lipinski definition) is 3. The van der Waals surface area contributed by atoms with Crippen LogP contribution in [0.5, 0.6) is 0 Å². The van der Waals surface area contributed by atoms with Gasteiger partial charge in [-0.3, -0.25) is 0 Å². The second-order valence-electron chi connectivity index (χ2n) is 5.07. The molecule has 0 bridgehead atoms. The topological polar surface area (TPSA) is 127 Å². The summed E-state index contributed by atoms with van der Waals surface area (Å²) in [6, 6.07) is 0. The Bertz CT molecular complexity index is 431.